The minimum atomic E-state index is -3.47. The third-order valence-corrected chi connectivity index (χ3v) is 3.94. The minimum Gasteiger partial charge on any atom is -0.381 e. The van der Waals surface area contributed by atoms with E-state index < -0.39 is 10.0 Å². The molecule has 0 aliphatic heterocycles. The molecule has 0 saturated heterocycles. The zero-order chi connectivity index (χ0) is 13.6. The Labute approximate surface area is 109 Å². The number of anilines is 1. The van der Waals surface area contributed by atoms with Gasteiger partial charge in [0.1, 0.15) is 4.90 Å². The molecule has 0 spiro atoms. The number of para-hydroxylation sites is 1. The molecule has 0 aliphatic rings. The smallest absolute Gasteiger partial charge is 0.242 e. The molecule has 0 radical (unpaired) electrons. The van der Waals surface area contributed by atoms with Gasteiger partial charge in [0.15, 0.2) is 0 Å². The van der Waals surface area contributed by atoms with E-state index in [1.165, 1.54) is 0 Å². The first-order chi connectivity index (χ1) is 8.51. The predicted molar refractivity (Wildman–Crippen MR) is 73.8 cm³/mol. The van der Waals surface area contributed by atoms with E-state index in [0.717, 1.165) is 0 Å². The van der Waals surface area contributed by atoms with E-state index in [9.17, 15) is 8.42 Å². The average molecular weight is 266 g/mol. The molecule has 1 atom stereocenters. The largest absolute Gasteiger partial charge is 0.381 e. The first-order valence-electron chi connectivity index (χ1n) is 5.80. The van der Waals surface area contributed by atoms with Gasteiger partial charge < -0.3 is 5.32 Å². The van der Waals surface area contributed by atoms with Crippen LogP contribution < -0.4 is 10.0 Å². The molecular formula is C13H18N2O2S. The molecular weight excluding hydrogens is 248 g/mol. The van der Waals surface area contributed by atoms with E-state index in [2.05, 4.69) is 16.0 Å². The van der Waals surface area contributed by atoms with E-state index in [1.807, 2.05) is 6.92 Å². The fourth-order valence-electron chi connectivity index (χ4n) is 1.58. The molecule has 1 unspecified atom stereocenters. The van der Waals surface area contributed by atoms with Crippen LogP contribution in [0.3, 0.4) is 0 Å². The molecule has 5 heteroatoms. The summed E-state index contributed by atoms with van der Waals surface area (Å²) in [7, 11) is -3.47. The summed E-state index contributed by atoms with van der Waals surface area (Å²) in [6, 6.07) is 6.81. The molecule has 98 valence electrons. The molecule has 1 aromatic rings. The van der Waals surface area contributed by atoms with Crippen molar-refractivity contribution < 1.29 is 8.42 Å². The molecule has 0 amide bonds. The molecule has 0 bridgehead atoms. The normalized spacial score (nSPS) is 12.7. The van der Waals surface area contributed by atoms with Gasteiger partial charge in [-0.2, -0.15) is 0 Å². The van der Waals surface area contributed by atoms with Crippen molar-refractivity contribution in [3.05, 3.63) is 24.3 Å². The molecule has 0 saturated carbocycles. The van der Waals surface area contributed by atoms with Crippen LogP contribution in [0, 0.1) is 12.3 Å². The highest BCUT2D eigenvalue weighted by molar-refractivity contribution is 7.89. The summed E-state index contributed by atoms with van der Waals surface area (Å²) in [5, 5.41) is 3.11. The summed E-state index contributed by atoms with van der Waals surface area (Å²) in [5.74, 6) is 2.54. The second-order valence-electron chi connectivity index (χ2n) is 3.95. The predicted octanol–water partition coefficient (Wildman–Crippen LogP) is 1.81. The van der Waals surface area contributed by atoms with Gasteiger partial charge in [0.2, 0.25) is 10.0 Å². The summed E-state index contributed by atoms with van der Waals surface area (Å²) in [4.78, 5) is 0.246. The number of sulfonamides is 1. The lowest BCUT2D eigenvalue weighted by molar-refractivity contribution is 0.584. The van der Waals surface area contributed by atoms with Crippen LogP contribution in [0.25, 0.3) is 0 Å². The summed E-state index contributed by atoms with van der Waals surface area (Å²) >= 11 is 0. The van der Waals surface area contributed by atoms with Crippen molar-refractivity contribution in [3.8, 4) is 12.3 Å². The fourth-order valence-corrected chi connectivity index (χ4v) is 2.79. The zero-order valence-electron chi connectivity index (χ0n) is 10.6. The molecule has 0 heterocycles. The molecule has 0 fully saturated rings. The van der Waals surface area contributed by atoms with Crippen molar-refractivity contribution >= 4 is 15.7 Å². The average Bonchev–Trinajstić information content (AvgIpc) is 2.29. The maximum Gasteiger partial charge on any atom is 0.242 e. The zero-order valence-corrected chi connectivity index (χ0v) is 11.4. The summed E-state index contributed by atoms with van der Waals surface area (Å²) in [6.45, 7) is 4.02. The maximum absolute atomic E-state index is 12.0. The second-order valence-corrected chi connectivity index (χ2v) is 5.69. The van der Waals surface area contributed by atoms with Crippen LogP contribution in [0.4, 0.5) is 5.69 Å². The number of rotatable bonds is 6. The lowest BCUT2D eigenvalue weighted by Crippen LogP contribution is -2.25. The molecule has 4 nitrogen and oxygen atoms in total. The Morgan fingerprint density at radius 2 is 2.06 bits per heavy atom. The first kappa shape index (κ1) is 14.6. The third-order valence-electron chi connectivity index (χ3n) is 2.34. The molecule has 1 rings (SSSR count). The Morgan fingerprint density at radius 1 is 1.39 bits per heavy atom. The first-order valence-corrected chi connectivity index (χ1v) is 7.28. The lowest BCUT2D eigenvalue weighted by Gasteiger charge is -2.16. The van der Waals surface area contributed by atoms with Gasteiger partial charge in [0, 0.05) is 19.0 Å². The maximum atomic E-state index is 12.0. The Morgan fingerprint density at radius 3 is 2.67 bits per heavy atom. The van der Waals surface area contributed by atoms with Crippen LogP contribution in [0.15, 0.2) is 29.2 Å². The number of terminal acetylenes is 1. The van der Waals surface area contributed by atoms with Crippen LogP contribution >= 0.6 is 0 Å². The van der Waals surface area contributed by atoms with Crippen LogP contribution in [0.2, 0.25) is 0 Å². The molecule has 2 N–H and O–H groups in total. The standard InChI is InChI=1S/C13H18N2O2S/c1-4-8-11(3)15-12-9-6-7-10-13(12)18(16,17)14-5-2/h1,6-7,9-11,14-15H,5,8H2,2-3H3. The van der Waals surface area contributed by atoms with Gasteiger partial charge in [-0.25, -0.2) is 13.1 Å². The number of benzene rings is 1. The van der Waals surface area contributed by atoms with E-state index in [0.29, 0.717) is 18.7 Å². The Kier molecular flexibility index (Phi) is 5.20. The molecule has 0 aromatic heterocycles. The Hall–Kier alpha value is -1.51. The Bertz CT molecular complexity index is 532. The second kappa shape index (κ2) is 6.43. The van der Waals surface area contributed by atoms with Crippen molar-refractivity contribution in [1.82, 2.24) is 4.72 Å². The number of hydrogen-bond acceptors (Lipinski definition) is 3. The highest BCUT2D eigenvalue weighted by Gasteiger charge is 2.17. The van der Waals surface area contributed by atoms with E-state index in [1.54, 1.807) is 31.2 Å². The van der Waals surface area contributed by atoms with Crippen molar-refractivity contribution in [2.75, 3.05) is 11.9 Å². The van der Waals surface area contributed by atoms with E-state index in [4.69, 9.17) is 6.42 Å². The van der Waals surface area contributed by atoms with Gasteiger partial charge in [0.25, 0.3) is 0 Å². The minimum absolute atomic E-state index is 0.0213. The highest BCUT2D eigenvalue weighted by Crippen LogP contribution is 2.21. The SMILES string of the molecule is C#CCC(C)Nc1ccccc1S(=O)(=O)NCC. The lowest BCUT2D eigenvalue weighted by atomic mass is 10.2. The molecule has 0 aliphatic carbocycles. The van der Waals surface area contributed by atoms with Crippen molar-refractivity contribution in [3.63, 3.8) is 0 Å². The van der Waals surface area contributed by atoms with Crippen LogP contribution in [-0.2, 0) is 10.0 Å². The van der Waals surface area contributed by atoms with Crippen LogP contribution in [-0.4, -0.2) is 21.0 Å². The summed E-state index contributed by atoms with van der Waals surface area (Å²) < 4.78 is 26.5. The van der Waals surface area contributed by atoms with Gasteiger partial charge in [-0.3, -0.25) is 0 Å². The van der Waals surface area contributed by atoms with Crippen molar-refractivity contribution in [2.45, 2.75) is 31.2 Å². The number of nitrogens with one attached hydrogen (secondary N) is 2. The van der Waals surface area contributed by atoms with E-state index >= 15 is 0 Å². The van der Waals surface area contributed by atoms with Crippen LogP contribution in [0.1, 0.15) is 20.3 Å². The van der Waals surface area contributed by atoms with Gasteiger partial charge in [-0.1, -0.05) is 19.1 Å². The fraction of sp³-hybridized carbons (Fsp3) is 0.385. The summed E-state index contributed by atoms with van der Waals surface area (Å²) in [6.07, 6.45) is 5.77. The highest BCUT2D eigenvalue weighted by atomic mass is 32.2. The molecule has 18 heavy (non-hydrogen) atoms. The third kappa shape index (κ3) is 3.76. The summed E-state index contributed by atoms with van der Waals surface area (Å²) in [5.41, 5.74) is 0.571. The van der Waals surface area contributed by atoms with Gasteiger partial charge >= 0.3 is 0 Å². The van der Waals surface area contributed by atoms with Crippen molar-refractivity contribution in [2.24, 2.45) is 0 Å². The van der Waals surface area contributed by atoms with Crippen LogP contribution in [0.5, 0.6) is 0 Å². The monoisotopic (exact) mass is 266 g/mol. The topological polar surface area (TPSA) is 58.2 Å². The number of hydrogen-bond donors (Lipinski definition) is 2. The van der Waals surface area contributed by atoms with Gasteiger partial charge in [-0.15, -0.1) is 12.3 Å². The Balaban J connectivity index is 3.04. The quantitative estimate of drug-likeness (QED) is 0.772. The molecule has 1 aromatic carbocycles. The van der Waals surface area contributed by atoms with Gasteiger partial charge in [-0.05, 0) is 19.1 Å². The van der Waals surface area contributed by atoms with Crippen molar-refractivity contribution in [1.29, 1.82) is 0 Å². The van der Waals surface area contributed by atoms with Gasteiger partial charge in [0.05, 0.1) is 5.69 Å². The van der Waals surface area contributed by atoms with E-state index in [-0.39, 0.29) is 10.9 Å².